The van der Waals surface area contributed by atoms with Gasteiger partial charge in [0.1, 0.15) is 0 Å². The van der Waals surface area contributed by atoms with E-state index >= 15 is 0 Å². The van der Waals surface area contributed by atoms with Gasteiger partial charge < -0.3 is 20.1 Å². The second-order valence-electron chi connectivity index (χ2n) is 6.98. The molecule has 1 aliphatic carbocycles. The Morgan fingerprint density at radius 1 is 1.19 bits per heavy atom. The van der Waals surface area contributed by atoms with Crippen molar-refractivity contribution in [3.63, 3.8) is 0 Å². The van der Waals surface area contributed by atoms with Gasteiger partial charge in [-0.25, -0.2) is 0 Å². The largest absolute Gasteiger partial charge is 0.448 e. The number of aliphatic hydroxyl groups excluding tert-OH is 1. The minimum absolute atomic E-state index is 0.221. The second-order valence-corrected chi connectivity index (χ2v) is 6.98. The molecule has 6 heteroatoms. The first kappa shape index (κ1) is 17.5. The number of hydrogen-bond acceptors (Lipinski definition) is 5. The van der Waals surface area contributed by atoms with E-state index in [4.69, 9.17) is 4.74 Å². The Morgan fingerprint density at radius 2 is 1.96 bits per heavy atom. The highest BCUT2D eigenvalue weighted by molar-refractivity contribution is 5.93. The van der Waals surface area contributed by atoms with Crippen LogP contribution in [0.5, 0.6) is 5.75 Å². The lowest BCUT2D eigenvalue weighted by Crippen LogP contribution is -2.46. The summed E-state index contributed by atoms with van der Waals surface area (Å²) < 4.78 is 5.85. The third-order valence-electron chi connectivity index (χ3n) is 5.04. The van der Waals surface area contributed by atoms with Gasteiger partial charge >= 0.3 is 0 Å². The molecule has 1 saturated carbocycles. The Bertz CT molecular complexity index is 838. The van der Waals surface area contributed by atoms with Gasteiger partial charge in [0, 0.05) is 18.9 Å². The van der Waals surface area contributed by atoms with Crippen LogP contribution in [0.4, 0.5) is 5.69 Å². The fourth-order valence-corrected chi connectivity index (χ4v) is 3.58. The summed E-state index contributed by atoms with van der Waals surface area (Å²) in [5.41, 5.74) is 1.99. The molecule has 6 nitrogen and oxygen atoms in total. The van der Waals surface area contributed by atoms with Crippen LogP contribution >= 0.6 is 0 Å². The molecule has 4 rings (SSSR count). The molecule has 2 N–H and O–H groups in total. The van der Waals surface area contributed by atoms with Crippen LogP contribution in [-0.4, -0.2) is 28.1 Å². The molecule has 0 bridgehead atoms. The van der Waals surface area contributed by atoms with E-state index in [9.17, 15) is 9.90 Å². The first-order valence-corrected chi connectivity index (χ1v) is 9.34. The Morgan fingerprint density at radius 3 is 2.78 bits per heavy atom. The minimum atomic E-state index is -0.493. The topological polar surface area (TPSA) is 74.7 Å². The lowest BCUT2D eigenvalue weighted by atomic mass is 9.92. The van der Waals surface area contributed by atoms with Gasteiger partial charge in [-0.1, -0.05) is 25.0 Å². The van der Waals surface area contributed by atoms with Crippen LogP contribution < -0.4 is 15.0 Å². The summed E-state index contributed by atoms with van der Waals surface area (Å²) in [5.74, 6) is 0.583. The van der Waals surface area contributed by atoms with Crippen molar-refractivity contribution in [1.29, 1.82) is 0 Å². The van der Waals surface area contributed by atoms with Crippen LogP contribution in [-0.2, 0) is 11.3 Å². The molecule has 0 radical (unpaired) electrons. The van der Waals surface area contributed by atoms with Crippen molar-refractivity contribution in [2.45, 2.75) is 44.4 Å². The number of pyridine rings is 1. The molecule has 0 saturated heterocycles. The minimum Gasteiger partial charge on any atom is -0.448 e. The average molecular weight is 365 g/mol. The molecule has 1 aliphatic heterocycles. The molecule has 0 unspecified atom stereocenters. The van der Waals surface area contributed by atoms with Crippen LogP contribution in [0.1, 0.15) is 31.2 Å². The van der Waals surface area contributed by atoms with Gasteiger partial charge in [0.25, 0.3) is 5.91 Å². The maximum absolute atomic E-state index is 12.8. The fourth-order valence-electron chi connectivity index (χ4n) is 3.58. The zero-order chi connectivity index (χ0) is 18.6. The molecule has 1 aromatic carbocycles. The molecule has 0 spiro atoms. The van der Waals surface area contributed by atoms with Gasteiger partial charge in [0.05, 0.1) is 24.0 Å². The van der Waals surface area contributed by atoms with Crippen molar-refractivity contribution >= 4 is 11.6 Å². The van der Waals surface area contributed by atoms with Crippen LogP contribution in [0.3, 0.4) is 0 Å². The maximum Gasteiger partial charge on any atom is 0.288 e. The third kappa shape index (κ3) is 3.95. The Kier molecular flexibility index (Phi) is 5.07. The summed E-state index contributed by atoms with van der Waals surface area (Å²) in [5, 5.41) is 13.1. The van der Waals surface area contributed by atoms with E-state index in [0.717, 1.165) is 36.9 Å². The maximum atomic E-state index is 12.8. The van der Waals surface area contributed by atoms with E-state index < -0.39 is 6.10 Å². The van der Waals surface area contributed by atoms with Gasteiger partial charge in [0.2, 0.25) is 5.76 Å². The van der Waals surface area contributed by atoms with Crippen LogP contribution in [0, 0.1) is 0 Å². The Balaban J connectivity index is 1.56. The lowest BCUT2D eigenvalue weighted by molar-refractivity contribution is -0.121. The summed E-state index contributed by atoms with van der Waals surface area (Å²) in [6.45, 7) is 0.603. The van der Waals surface area contributed by atoms with E-state index in [1.807, 2.05) is 41.3 Å². The smallest absolute Gasteiger partial charge is 0.288 e. The number of ether oxygens (including phenoxy) is 1. The summed E-state index contributed by atoms with van der Waals surface area (Å²) in [7, 11) is 0. The van der Waals surface area contributed by atoms with Crippen LogP contribution in [0.2, 0.25) is 0 Å². The molecular formula is C21H23N3O3. The number of anilines is 1. The molecule has 2 atom stereocenters. The van der Waals surface area contributed by atoms with Crippen molar-refractivity contribution in [3.8, 4) is 5.75 Å². The molecule has 27 heavy (non-hydrogen) atoms. The number of benzene rings is 1. The number of nitrogens with zero attached hydrogens (tertiary/aromatic N) is 2. The number of amides is 1. The van der Waals surface area contributed by atoms with Gasteiger partial charge in [-0.3, -0.25) is 9.78 Å². The number of fused-ring (bicyclic) bond motifs is 1. The van der Waals surface area contributed by atoms with Crippen molar-refractivity contribution in [2.75, 3.05) is 4.90 Å². The number of aliphatic hydroxyl groups is 1. The van der Waals surface area contributed by atoms with E-state index in [1.165, 1.54) is 0 Å². The van der Waals surface area contributed by atoms with Gasteiger partial charge in [-0.05, 0) is 42.7 Å². The lowest BCUT2D eigenvalue weighted by Gasteiger charge is -2.31. The van der Waals surface area contributed by atoms with E-state index in [1.54, 1.807) is 18.6 Å². The number of carbonyl (C=O) groups excluding carboxylic acids is 1. The van der Waals surface area contributed by atoms with E-state index in [-0.39, 0.29) is 17.7 Å². The monoisotopic (exact) mass is 365 g/mol. The number of aromatic nitrogens is 1. The molecule has 1 fully saturated rings. The standard InChI is InChI=1S/C21H23N3O3/c25-18-7-3-1-5-16(18)23-21(26)20-14-24(13-15-9-11-22-12-10-15)17-6-2-4-8-19(17)27-20/h2,4,6,8-12,14,16,18,25H,1,3,5,7,13H2,(H,23,26)/t16-,18-/m0/s1. The van der Waals surface area contributed by atoms with Crippen LogP contribution in [0.25, 0.3) is 0 Å². The molecule has 1 aromatic heterocycles. The van der Waals surface area contributed by atoms with Crippen LogP contribution in [0.15, 0.2) is 60.8 Å². The quantitative estimate of drug-likeness (QED) is 0.871. The average Bonchev–Trinajstić information content (AvgIpc) is 2.70. The van der Waals surface area contributed by atoms with Gasteiger partial charge in [-0.15, -0.1) is 0 Å². The number of carbonyl (C=O) groups is 1. The van der Waals surface area contributed by atoms with Crippen molar-refractivity contribution in [2.24, 2.45) is 0 Å². The normalized spacial score (nSPS) is 21.7. The number of nitrogens with one attached hydrogen (secondary N) is 1. The molecule has 1 amide bonds. The highest BCUT2D eigenvalue weighted by atomic mass is 16.5. The Labute approximate surface area is 158 Å². The SMILES string of the molecule is O=C(N[C@H]1CCCC[C@@H]1O)C1=CN(Cc2ccncc2)c2ccccc2O1. The number of para-hydroxylation sites is 2. The second kappa shape index (κ2) is 7.80. The summed E-state index contributed by atoms with van der Waals surface area (Å²) in [6, 6.07) is 11.3. The van der Waals surface area contributed by atoms with Gasteiger partial charge in [-0.2, -0.15) is 0 Å². The predicted molar refractivity (Wildman–Crippen MR) is 102 cm³/mol. The molecule has 2 aliphatic rings. The molecule has 2 aromatic rings. The van der Waals surface area contributed by atoms with E-state index in [2.05, 4.69) is 10.3 Å². The first-order valence-electron chi connectivity index (χ1n) is 9.34. The van der Waals surface area contributed by atoms with Gasteiger partial charge in [0.15, 0.2) is 5.75 Å². The van der Waals surface area contributed by atoms with Crippen molar-refractivity contribution < 1.29 is 14.6 Å². The first-order chi connectivity index (χ1) is 13.2. The number of rotatable bonds is 4. The zero-order valence-electron chi connectivity index (χ0n) is 15.0. The Hall–Kier alpha value is -2.86. The van der Waals surface area contributed by atoms with Crippen molar-refractivity contribution in [1.82, 2.24) is 10.3 Å². The third-order valence-corrected chi connectivity index (χ3v) is 5.04. The fraction of sp³-hybridized carbons (Fsp3) is 0.333. The van der Waals surface area contributed by atoms with E-state index in [0.29, 0.717) is 12.3 Å². The molecule has 140 valence electrons. The summed E-state index contributed by atoms with van der Waals surface area (Å²) in [6.07, 6.45) is 8.27. The molecular weight excluding hydrogens is 342 g/mol. The van der Waals surface area contributed by atoms with Crippen molar-refractivity contribution in [3.05, 3.63) is 66.3 Å². The summed E-state index contributed by atoms with van der Waals surface area (Å²) >= 11 is 0. The number of hydrogen-bond donors (Lipinski definition) is 2. The highest BCUT2D eigenvalue weighted by Crippen LogP contribution is 2.35. The molecule has 2 heterocycles. The zero-order valence-corrected chi connectivity index (χ0v) is 15.0. The predicted octanol–water partition coefficient (Wildman–Crippen LogP) is 2.74. The summed E-state index contributed by atoms with van der Waals surface area (Å²) in [4.78, 5) is 18.8. The highest BCUT2D eigenvalue weighted by Gasteiger charge is 2.28.